The van der Waals surface area contributed by atoms with Crippen molar-refractivity contribution < 1.29 is 8.42 Å². The Hall–Kier alpha value is -1.59. The Morgan fingerprint density at radius 2 is 2.00 bits per heavy atom. The number of nitrogens with zero attached hydrogens (tertiary/aromatic N) is 1. The van der Waals surface area contributed by atoms with Crippen molar-refractivity contribution in [1.82, 2.24) is 4.98 Å². The van der Waals surface area contributed by atoms with Crippen LogP contribution in [0.1, 0.15) is 5.69 Å². The number of hydrogen-bond donors (Lipinski definition) is 1. The van der Waals surface area contributed by atoms with E-state index in [2.05, 4.69) is 4.98 Å². The topological polar surface area (TPSA) is 73.1 Å². The molecule has 18 heavy (non-hydrogen) atoms. The van der Waals surface area contributed by atoms with Crippen molar-refractivity contribution >= 4 is 27.1 Å². The van der Waals surface area contributed by atoms with Crippen LogP contribution in [0, 0.1) is 0 Å². The molecular formula is C12H11ClN2O2S. The van der Waals surface area contributed by atoms with Gasteiger partial charge in [0.2, 0.25) is 0 Å². The normalized spacial score (nSPS) is 11.4. The first-order valence-corrected chi connectivity index (χ1v) is 7.20. The van der Waals surface area contributed by atoms with Gasteiger partial charge in [-0.2, -0.15) is 0 Å². The largest absolute Gasteiger partial charge is 0.398 e. The fraction of sp³-hybridized carbons (Fsp3) is 0.0833. The van der Waals surface area contributed by atoms with Gasteiger partial charge in [-0.1, -0.05) is 17.7 Å². The lowest BCUT2D eigenvalue weighted by atomic mass is 10.3. The monoisotopic (exact) mass is 282 g/mol. The molecule has 0 aliphatic rings. The van der Waals surface area contributed by atoms with Crippen LogP contribution in [-0.2, 0) is 15.6 Å². The molecule has 0 bridgehead atoms. The van der Waals surface area contributed by atoms with E-state index < -0.39 is 9.84 Å². The van der Waals surface area contributed by atoms with Gasteiger partial charge in [0.25, 0.3) is 0 Å². The maximum atomic E-state index is 12.2. The van der Waals surface area contributed by atoms with Gasteiger partial charge in [0.1, 0.15) is 0 Å². The summed E-state index contributed by atoms with van der Waals surface area (Å²) in [6.45, 7) is 0. The number of anilines is 1. The number of halogens is 1. The summed E-state index contributed by atoms with van der Waals surface area (Å²) in [4.78, 5) is 4.07. The molecule has 0 saturated heterocycles. The zero-order valence-electron chi connectivity index (χ0n) is 9.38. The third-order valence-electron chi connectivity index (χ3n) is 2.37. The van der Waals surface area contributed by atoms with E-state index in [1.807, 2.05) is 0 Å². The van der Waals surface area contributed by atoms with Gasteiger partial charge in [-0.15, -0.1) is 0 Å². The van der Waals surface area contributed by atoms with Gasteiger partial charge in [0.05, 0.1) is 22.0 Å². The Kier molecular flexibility index (Phi) is 3.54. The molecule has 94 valence electrons. The highest BCUT2D eigenvalue weighted by Gasteiger charge is 2.19. The van der Waals surface area contributed by atoms with Crippen LogP contribution >= 0.6 is 11.6 Å². The Labute approximate surface area is 110 Å². The number of pyridine rings is 1. The molecule has 0 radical (unpaired) electrons. The molecule has 4 nitrogen and oxygen atoms in total. The second-order valence-corrected chi connectivity index (χ2v) is 6.16. The zero-order valence-corrected chi connectivity index (χ0v) is 10.9. The number of nitrogens with two attached hydrogens (primary N) is 1. The minimum atomic E-state index is -3.51. The van der Waals surface area contributed by atoms with Crippen LogP contribution in [0.5, 0.6) is 0 Å². The third-order valence-corrected chi connectivity index (χ3v) is 4.32. The molecule has 6 heteroatoms. The van der Waals surface area contributed by atoms with Crippen LogP contribution < -0.4 is 5.73 Å². The molecule has 0 aliphatic carbocycles. The zero-order chi connectivity index (χ0) is 13.2. The molecule has 0 amide bonds. The van der Waals surface area contributed by atoms with Crippen LogP contribution in [0.15, 0.2) is 47.5 Å². The van der Waals surface area contributed by atoms with Crippen LogP contribution in [0.2, 0.25) is 5.02 Å². The maximum absolute atomic E-state index is 12.2. The Balaban J connectivity index is 2.37. The van der Waals surface area contributed by atoms with Crippen LogP contribution in [0.4, 0.5) is 5.69 Å². The Bertz CT molecular complexity index is 657. The predicted octanol–water partition coefficient (Wildman–Crippen LogP) is 2.29. The SMILES string of the molecule is Nc1cc(Cl)ccc1S(=O)(=O)Cc1ccccn1. The maximum Gasteiger partial charge on any atom is 0.186 e. The van der Waals surface area contributed by atoms with E-state index >= 15 is 0 Å². The van der Waals surface area contributed by atoms with E-state index in [9.17, 15) is 8.42 Å². The van der Waals surface area contributed by atoms with Gasteiger partial charge in [-0.05, 0) is 30.3 Å². The minimum absolute atomic E-state index is 0.0811. The van der Waals surface area contributed by atoms with Crippen molar-refractivity contribution in [1.29, 1.82) is 0 Å². The third kappa shape index (κ3) is 2.80. The van der Waals surface area contributed by atoms with Gasteiger partial charge >= 0.3 is 0 Å². The summed E-state index contributed by atoms with van der Waals surface area (Å²) < 4.78 is 24.3. The fourth-order valence-corrected chi connectivity index (χ4v) is 3.15. The first kappa shape index (κ1) is 12.9. The first-order chi connectivity index (χ1) is 8.49. The summed E-state index contributed by atoms with van der Waals surface area (Å²) in [6, 6.07) is 9.46. The van der Waals surface area contributed by atoms with E-state index in [4.69, 9.17) is 17.3 Å². The molecule has 0 fully saturated rings. The number of rotatable bonds is 3. The van der Waals surface area contributed by atoms with Crippen LogP contribution in [0.25, 0.3) is 0 Å². The average molecular weight is 283 g/mol. The molecular weight excluding hydrogens is 272 g/mol. The predicted molar refractivity (Wildman–Crippen MR) is 71.0 cm³/mol. The fourth-order valence-electron chi connectivity index (χ4n) is 1.56. The van der Waals surface area contributed by atoms with E-state index in [1.54, 1.807) is 24.4 Å². The highest BCUT2D eigenvalue weighted by atomic mass is 35.5. The van der Waals surface area contributed by atoms with Crippen molar-refractivity contribution in [2.75, 3.05) is 5.73 Å². The van der Waals surface area contributed by atoms with Gasteiger partial charge in [0, 0.05) is 11.2 Å². The number of sulfone groups is 1. The number of benzene rings is 1. The lowest BCUT2D eigenvalue weighted by Crippen LogP contribution is -2.08. The van der Waals surface area contributed by atoms with Crippen molar-refractivity contribution in [3.63, 3.8) is 0 Å². The molecule has 0 saturated carbocycles. The Morgan fingerprint density at radius 3 is 2.61 bits per heavy atom. The standard InChI is InChI=1S/C12H11ClN2O2S/c13-9-4-5-12(11(14)7-9)18(16,17)8-10-3-1-2-6-15-10/h1-7H,8,14H2. The number of nitrogen functional groups attached to an aromatic ring is 1. The summed E-state index contributed by atoms with van der Waals surface area (Å²) in [5.41, 5.74) is 6.31. The van der Waals surface area contributed by atoms with Crippen LogP contribution in [0.3, 0.4) is 0 Å². The van der Waals surface area contributed by atoms with Gasteiger partial charge in [-0.25, -0.2) is 8.42 Å². The molecule has 0 aliphatic heterocycles. The summed E-state index contributed by atoms with van der Waals surface area (Å²) in [5, 5.41) is 0.407. The summed E-state index contributed by atoms with van der Waals surface area (Å²) in [6.07, 6.45) is 1.55. The smallest absolute Gasteiger partial charge is 0.186 e. The summed E-state index contributed by atoms with van der Waals surface area (Å²) in [5.74, 6) is -0.181. The molecule has 0 unspecified atom stereocenters. The lowest BCUT2D eigenvalue weighted by molar-refractivity contribution is 0.595. The highest BCUT2D eigenvalue weighted by Crippen LogP contribution is 2.25. The van der Waals surface area contributed by atoms with E-state index in [1.165, 1.54) is 18.2 Å². The average Bonchev–Trinajstić information content (AvgIpc) is 2.29. The van der Waals surface area contributed by atoms with Gasteiger partial charge < -0.3 is 5.73 Å². The molecule has 2 N–H and O–H groups in total. The Morgan fingerprint density at radius 1 is 1.22 bits per heavy atom. The first-order valence-electron chi connectivity index (χ1n) is 5.17. The molecule has 0 atom stereocenters. The molecule has 1 aromatic heterocycles. The quantitative estimate of drug-likeness (QED) is 0.877. The van der Waals surface area contributed by atoms with Gasteiger partial charge in [-0.3, -0.25) is 4.98 Å². The second kappa shape index (κ2) is 4.96. The van der Waals surface area contributed by atoms with Crippen LogP contribution in [-0.4, -0.2) is 13.4 Å². The lowest BCUT2D eigenvalue weighted by Gasteiger charge is -2.07. The molecule has 2 rings (SSSR count). The molecule has 0 spiro atoms. The highest BCUT2D eigenvalue weighted by molar-refractivity contribution is 7.90. The van der Waals surface area contributed by atoms with E-state index in [-0.39, 0.29) is 16.3 Å². The van der Waals surface area contributed by atoms with Gasteiger partial charge in [0.15, 0.2) is 9.84 Å². The van der Waals surface area contributed by atoms with E-state index in [0.717, 1.165) is 0 Å². The minimum Gasteiger partial charge on any atom is -0.398 e. The van der Waals surface area contributed by atoms with E-state index in [0.29, 0.717) is 10.7 Å². The number of aromatic nitrogens is 1. The summed E-state index contributed by atoms with van der Waals surface area (Å²) in [7, 11) is -3.51. The summed E-state index contributed by atoms with van der Waals surface area (Å²) >= 11 is 5.74. The van der Waals surface area contributed by atoms with Crippen molar-refractivity contribution in [2.24, 2.45) is 0 Å². The molecule has 1 aromatic carbocycles. The van der Waals surface area contributed by atoms with Crippen molar-refractivity contribution in [3.8, 4) is 0 Å². The van der Waals surface area contributed by atoms with Crippen molar-refractivity contribution in [2.45, 2.75) is 10.6 Å². The number of hydrogen-bond acceptors (Lipinski definition) is 4. The second-order valence-electron chi connectivity index (χ2n) is 3.76. The van der Waals surface area contributed by atoms with Crippen molar-refractivity contribution in [3.05, 3.63) is 53.3 Å². The molecule has 2 aromatic rings. The molecule has 1 heterocycles.